The zero-order valence-corrected chi connectivity index (χ0v) is 24.2. The van der Waals surface area contributed by atoms with Crippen LogP contribution in [0.1, 0.15) is 84.9 Å². The maximum absolute atomic E-state index is 13.2. The second-order valence-corrected chi connectivity index (χ2v) is 15.7. The van der Waals surface area contributed by atoms with E-state index in [1.165, 1.54) is 22.2 Å². The van der Waals surface area contributed by atoms with Crippen molar-refractivity contribution in [1.82, 2.24) is 4.98 Å². The van der Waals surface area contributed by atoms with Crippen LogP contribution in [0.2, 0.25) is 0 Å². The zero-order chi connectivity index (χ0) is 27.0. The minimum absolute atomic E-state index is 0.0271. The van der Waals surface area contributed by atoms with Crippen molar-refractivity contribution in [3.05, 3.63) is 35.5 Å². The predicted molar refractivity (Wildman–Crippen MR) is 147 cm³/mol. The normalized spacial score (nSPS) is 53.6. The minimum atomic E-state index is -0.988. The fourth-order valence-electron chi connectivity index (χ4n) is 11.0. The van der Waals surface area contributed by atoms with Crippen LogP contribution in [0.15, 0.2) is 24.3 Å². The van der Waals surface area contributed by atoms with Gasteiger partial charge in [0.15, 0.2) is 5.60 Å². The number of aromatic nitrogens is 1. The minimum Gasteiger partial charge on any atom is -0.386 e. The summed E-state index contributed by atoms with van der Waals surface area (Å²) in [5, 5.41) is 14.5. The lowest BCUT2D eigenvalue weighted by molar-refractivity contribution is -0.293. The van der Waals surface area contributed by atoms with Gasteiger partial charge >= 0.3 is 0 Å². The van der Waals surface area contributed by atoms with Crippen molar-refractivity contribution in [3.63, 3.8) is 0 Å². The van der Waals surface area contributed by atoms with Crippen LogP contribution in [0.3, 0.4) is 0 Å². The van der Waals surface area contributed by atoms with Gasteiger partial charge in [-0.25, -0.2) is 0 Å². The third-order valence-electron chi connectivity index (χ3n) is 13.4. The summed E-state index contributed by atoms with van der Waals surface area (Å²) in [6, 6.07) is 8.71. The van der Waals surface area contributed by atoms with Gasteiger partial charge in [0, 0.05) is 27.4 Å². The highest BCUT2D eigenvalue weighted by Gasteiger charge is 2.87. The van der Waals surface area contributed by atoms with E-state index in [2.05, 4.69) is 70.8 Å². The number of aliphatic hydroxyl groups is 1. The molecule has 0 amide bonds. The van der Waals surface area contributed by atoms with Crippen molar-refractivity contribution in [2.45, 2.75) is 139 Å². The molecule has 4 saturated heterocycles. The largest absolute Gasteiger partial charge is 0.386 e. The van der Waals surface area contributed by atoms with Gasteiger partial charge in [0.05, 0.1) is 23.9 Å². The number of H-pyrrole nitrogens is 1. The first kappa shape index (κ1) is 24.2. The van der Waals surface area contributed by atoms with E-state index >= 15 is 0 Å². The van der Waals surface area contributed by atoms with Crippen LogP contribution >= 0.6 is 0 Å². The molecule has 6 nitrogen and oxygen atoms in total. The Kier molecular flexibility index (Phi) is 4.21. The topological polar surface area (TPSA) is 79.5 Å². The highest BCUT2D eigenvalue weighted by Crippen LogP contribution is 2.75. The lowest BCUT2D eigenvalue weighted by Gasteiger charge is -2.67. The van der Waals surface area contributed by atoms with Crippen LogP contribution in [-0.2, 0) is 30.8 Å². The van der Waals surface area contributed by atoms with Crippen LogP contribution < -0.4 is 0 Å². The third kappa shape index (κ3) is 2.52. The molecule has 7 aliphatic rings. The number of rotatable bonds is 1. The Morgan fingerprint density at radius 2 is 1.67 bits per heavy atom. The summed E-state index contributed by atoms with van der Waals surface area (Å²) in [4.78, 5) is 3.86. The highest BCUT2D eigenvalue weighted by atomic mass is 16.7. The van der Waals surface area contributed by atoms with Gasteiger partial charge in [0.2, 0.25) is 0 Å². The van der Waals surface area contributed by atoms with Gasteiger partial charge in [-0.3, -0.25) is 0 Å². The Bertz CT molecular complexity index is 1410. The number of hydrogen-bond donors (Lipinski definition) is 2. The standard InChI is InChI=1S/C33H43NO5/c1-28(2)16-21(25-29(3,4)38-25)36-23-26(28)37-22-12-13-30(5)31(6)17(11-14-32(30,35)33(22)27(23)39-33)15-19-18-9-7-8-10-20(18)34-24(19)31/h7-10,17,21-23,25-27,34-35H,11-16H2,1-6H3/t17-,21-,22-,23+,25?,26-,27+,30+,31+,32-,33-/m0/s1. The maximum Gasteiger partial charge on any atom is 0.152 e. The van der Waals surface area contributed by atoms with E-state index in [-0.39, 0.29) is 58.5 Å². The van der Waals surface area contributed by atoms with E-state index in [1.807, 2.05) is 0 Å². The second kappa shape index (κ2) is 6.78. The predicted octanol–water partition coefficient (Wildman–Crippen LogP) is 5.19. The van der Waals surface area contributed by atoms with Crippen molar-refractivity contribution in [2.75, 3.05) is 0 Å². The van der Waals surface area contributed by atoms with E-state index in [1.54, 1.807) is 0 Å². The summed E-state index contributed by atoms with van der Waals surface area (Å²) < 4.78 is 26.8. The molecule has 2 saturated carbocycles. The Labute approximate surface area is 231 Å². The first-order valence-corrected chi connectivity index (χ1v) is 15.4. The summed E-state index contributed by atoms with van der Waals surface area (Å²) in [5.74, 6) is 0.513. The number of fused-ring (bicyclic) bond motifs is 9. The van der Waals surface area contributed by atoms with E-state index in [0.29, 0.717) is 5.92 Å². The van der Waals surface area contributed by atoms with E-state index in [9.17, 15) is 5.11 Å². The molecule has 1 aromatic heterocycles. The summed E-state index contributed by atoms with van der Waals surface area (Å²) in [6.45, 7) is 13.7. The number of benzene rings is 1. The maximum atomic E-state index is 13.2. The molecule has 5 heterocycles. The van der Waals surface area contributed by atoms with Crippen LogP contribution in [0, 0.1) is 16.7 Å². The molecule has 0 bridgehead atoms. The molecule has 210 valence electrons. The van der Waals surface area contributed by atoms with Crippen molar-refractivity contribution >= 4 is 10.9 Å². The highest BCUT2D eigenvalue weighted by molar-refractivity contribution is 5.86. The summed E-state index contributed by atoms with van der Waals surface area (Å²) in [6.07, 6.45) is 5.27. The summed E-state index contributed by atoms with van der Waals surface area (Å²) in [5.41, 5.74) is 1.63. The Hall–Kier alpha value is -1.44. The number of hydrogen-bond acceptors (Lipinski definition) is 5. The quantitative estimate of drug-likeness (QED) is 0.494. The molecule has 4 aliphatic heterocycles. The molecule has 0 radical (unpaired) electrons. The molecule has 1 aromatic carbocycles. The van der Waals surface area contributed by atoms with Crippen molar-refractivity contribution in [3.8, 4) is 0 Å². The van der Waals surface area contributed by atoms with Gasteiger partial charge in [0.25, 0.3) is 0 Å². The van der Waals surface area contributed by atoms with Gasteiger partial charge < -0.3 is 29.0 Å². The van der Waals surface area contributed by atoms with E-state index in [4.69, 9.17) is 18.9 Å². The molecule has 39 heavy (non-hydrogen) atoms. The lowest BCUT2D eigenvalue weighted by atomic mass is 9.40. The SMILES string of the molecule is CC1(C)OC1[C@@H]1CC(C)(C)[C@H]2O[C@H]3CC[C@@]4(C)[C@@](O)(CC[C@H]5Cc6c([nH]c7ccccc67)[C@@]54C)[C@]34O[C@@H]4[C@@H]2O1. The smallest absolute Gasteiger partial charge is 0.152 e. The number of para-hydroxylation sites is 1. The molecule has 1 spiro atoms. The number of aromatic amines is 1. The van der Waals surface area contributed by atoms with Gasteiger partial charge in [-0.1, -0.05) is 45.9 Å². The van der Waals surface area contributed by atoms with Crippen molar-refractivity contribution < 1.29 is 24.1 Å². The van der Waals surface area contributed by atoms with Crippen LogP contribution in [-0.4, -0.2) is 63.5 Å². The van der Waals surface area contributed by atoms with Crippen molar-refractivity contribution in [1.29, 1.82) is 0 Å². The van der Waals surface area contributed by atoms with Gasteiger partial charge in [0.1, 0.15) is 23.9 Å². The van der Waals surface area contributed by atoms with Crippen LogP contribution in [0.4, 0.5) is 0 Å². The molecule has 6 heteroatoms. The number of ether oxygens (including phenoxy) is 4. The second-order valence-electron chi connectivity index (χ2n) is 15.7. The third-order valence-corrected chi connectivity index (χ3v) is 13.4. The first-order valence-electron chi connectivity index (χ1n) is 15.4. The van der Waals surface area contributed by atoms with Crippen LogP contribution in [0.25, 0.3) is 10.9 Å². The molecule has 1 unspecified atom stereocenters. The molecule has 2 aromatic rings. The summed E-state index contributed by atoms with van der Waals surface area (Å²) >= 11 is 0. The monoisotopic (exact) mass is 533 g/mol. The molecule has 9 rings (SSSR count). The van der Waals surface area contributed by atoms with Gasteiger partial charge in [-0.2, -0.15) is 0 Å². The molecule has 6 fully saturated rings. The average Bonchev–Trinajstić information content (AvgIpc) is 3.71. The van der Waals surface area contributed by atoms with Crippen molar-refractivity contribution in [2.24, 2.45) is 16.7 Å². The summed E-state index contributed by atoms with van der Waals surface area (Å²) in [7, 11) is 0. The first-order chi connectivity index (χ1) is 18.4. The Morgan fingerprint density at radius 3 is 2.44 bits per heavy atom. The molecular formula is C33H43NO5. The molecular weight excluding hydrogens is 490 g/mol. The average molecular weight is 534 g/mol. The van der Waals surface area contributed by atoms with Crippen LogP contribution in [0.5, 0.6) is 0 Å². The fourth-order valence-corrected chi connectivity index (χ4v) is 11.0. The number of epoxide rings is 2. The molecule has 11 atom stereocenters. The number of nitrogens with one attached hydrogen (secondary N) is 1. The van der Waals surface area contributed by atoms with Gasteiger partial charge in [-0.15, -0.1) is 0 Å². The van der Waals surface area contributed by atoms with Gasteiger partial charge in [-0.05, 0) is 75.3 Å². The Morgan fingerprint density at radius 1 is 0.897 bits per heavy atom. The molecule has 2 N–H and O–H groups in total. The fraction of sp³-hybridized carbons (Fsp3) is 0.758. The zero-order valence-electron chi connectivity index (χ0n) is 24.2. The molecule has 3 aliphatic carbocycles. The van der Waals surface area contributed by atoms with E-state index < -0.39 is 11.2 Å². The van der Waals surface area contributed by atoms with E-state index in [0.717, 1.165) is 38.5 Å². The Balaban J connectivity index is 1.13. The lowest BCUT2D eigenvalue weighted by Crippen LogP contribution is -2.77.